The molecule has 1 fully saturated rings. The maximum Gasteiger partial charge on any atom is 0.322 e. The predicted molar refractivity (Wildman–Crippen MR) is 104 cm³/mol. The lowest BCUT2D eigenvalue weighted by Crippen LogP contribution is -2.12. The van der Waals surface area contributed by atoms with Crippen LogP contribution in [0.4, 0.5) is 6.01 Å². The molecule has 0 spiro atoms. The summed E-state index contributed by atoms with van der Waals surface area (Å²) < 4.78 is 5.63. The van der Waals surface area contributed by atoms with E-state index in [1.54, 1.807) is 36.4 Å². The lowest BCUT2D eigenvalue weighted by Gasteiger charge is -2.17. The minimum atomic E-state index is -0.349. The number of hydrogen-bond donors (Lipinski definition) is 1. The molecule has 1 amide bonds. The Morgan fingerprint density at radius 3 is 2.18 bits per heavy atom. The molecule has 0 bridgehead atoms. The van der Waals surface area contributed by atoms with Gasteiger partial charge >= 0.3 is 6.01 Å². The highest BCUT2D eigenvalue weighted by Gasteiger charge is 2.22. The normalized spacial score (nSPS) is 14.6. The molecule has 1 aliphatic carbocycles. The van der Waals surface area contributed by atoms with Crippen molar-refractivity contribution in [2.75, 3.05) is 5.32 Å². The number of carbonyl (C=O) groups is 2. The number of rotatable bonds is 5. The zero-order chi connectivity index (χ0) is 19.3. The summed E-state index contributed by atoms with van der Waals surface area (Å²) in [5, 5.41) is 10.7. The van der Waals surface area contributed by atoms with Gasteiger partial charge in [0.2, 0.25) is 5.89 Å². The van der Waals surface area contributed by atoms with Gasteiger partial charge in [-0.1, -0.05) is 66.8 Å². The van der Waals surface area contributed by atoms with Crippen LogP contribution in [-0.4, -0.2) is 21.9 Å². The standard InChI is InChI=1S/C22H21N3O3/c26-19(15-7-3-1-4-8-15)16-11-13-17(14-12-16)20(27)23-22-25-24-21(28-22)18-9-5-2-6-10-18/h1,3-4,7-8,11-14,18H,2,5-6,9-10H2,(H,23,25,27). The van der Waals surface area contributed by atoms with Crippen molar-refractivity contribution >= 4 is 17.7 Å². The molecule has 0 radical (unpaired) electrons. The van der Waals surface area contributed by atoms with Gasteiger partial charge in [-0.05, 0) is 25.0 Å². The van der Waals surface area contributed by atoms with Crippen LogP contribution in [0.1, 0.15) is 70.2 Å². The maximum absolute atomic E-state index is 12.4. The molecule has 1 heterocycles. The van der Waals surface area contributed by atoms with E-state index in [1.807, 2.05) is 18.2 Å². The first-order valence-corrected chi connectivity index (χ1v) is 9.55. The summed E-state index contributed by atoms with van der Waals surface area (Å²) in [6.45, 7) is 0. The van der Waals surface area contributed by atoms with E-state index >= 15 is 0 Å². The van der Waals surface area contributed by atoms with Crippen LogP contribution >= 0.6 is 0 Å². The van der Waals surface area contributed by atoms with Gasteiger partial charge in [0, 0.05) is 22.6 Å². The van der Waals surface area contributed by atoms with Crippen LogP contribution in [0, 0.1) is 0 Å². The Balaban J connectivity index is 1.41. The number of anilines is 1. The summed E-state index contributed by atoms with van der Waals surface area (Å²) in [7, 11) is 0. The van der Waals surface area contributed by atoms with Crippen molar-refractivity contribution in [2.24, 2.45) is 0 Å². The van der Waals surface area contributed by atoms with E-state index in [0.29, 0.717) is 22.6 Å². The first kappa shape index (κ1) is 18.1. The van der Waals surface area contributed by atoms with Crippen molar-refractivity contribution in [3.8, 4) is 0 Å². The monoisotopic (exact) mass is 375 g/mol. The number of nitrogens with one attached hydrogen (secondary N) is 1. The molecular weight excluding hydrogens is 354 g/mol. The van der Waals surface area contributed by atoms with Crippen LogP contribution in [0.3, 0.4) is 0 Å². The molecule has 2 aromatic carbocycles. The molecule has 1 aromatic heterocycles. The van der Waals surface area contributed by atoms with Crippen molar-refractivity contribution in [2.45, 2.75) is 38.0 Å². The third kappa shape index (κ3) is 4.01. The molecule has 6 heteroatoms. The second-order valence-corrected chi connectivity index (χ2v) is 7.01. The van der Waals surface area contributed by atoms with Crippen LogP contribution in [0.5, 0.6) is 0 Å². The SMILES string of the molecule is O=C(Nc1nnc(C2CCCCC2)o1)c1ccc(C(=O)c2ccccc2)cc1. The molecule has 1 N–H and O–H groups in total. The van der Waals surface area contributed by atoms with E-state index in [4.69, 9.17) is 4.42 Å². The fraction of sp³-hybridized carbons (Fsp3) is 0.273. The summed E-state index contributed by atoms with van der Waals surface area (Å²) in [6, 6.07) is 15.7. The molecule has 1 aliphatic rings. The number of hydrogen-bond acceptors (Lipinski definition) is 5. The zero-order valence-corrected chi connectivity index (χ0v) is 15.4. The highest BCUT2D eigenvalue weighted by molar-refractivity contribution is 6.10. The number of amides is 1. The van der Waals surface area contributed by atoms with E-state index in [0.717, 1.165) is 12.8 Å². The van der Waals surface area contributed by atoms with Crippen LogP contribution in [0.2, 0.25) is 0 Å². The first-order chi connectivity index (χ1) is 13.7. The fourth-order valence-corrected chi connectivity index (χ4v) is 3.50. The predicted octanol–water partition coefficient (Wildman–Crippen LogP) is 4.60. The van der Waals surface area contributed by atoms with Gasteiger partial charge in [-0.3, -0.25) is 14.9 Å². The van der Waals surface area contributed by atoms with E-state index in [2.05, 4.69) is 15.5 Å². The van der Waals surface area contributed by atoms with Crippen molar-refractivity contribution in [3.05, 3.63) is 77.2 Å². The van der Waals surface area contributed by atoms with Crippen LogP contribution in [-0.2, 0) is 0 Å². The van der Waals surface area contributed by atoms with Gasteiger partial charge in [0.05, 0.1) is 0 Å². The summed E-state index contributed by atoms with van der Waals surface area (Å²) in [5.41, 5.74) is 1.56. The average molecular weight is 375 g/mol. The highest BCUT2D eigenvalue weighted by Crippen LogP contribution is 2.32. The van der Waals surface area contributed by atoms with Crippen molar-refractivity contribution in [1.29, 1.82) is 0 Å². The molecule has 142 valence electrons. The van der Waals surface area contributed by atoms with Crippen LogP contribution in [0.25, 0.3) is 0 Å². The largest absolute Gasteiger partial charge is 0.408 e. The Labute approximate surface area is 163 Å². The number of carbonyl (C=O) groups excluding carboxylic acids is 2. The van der Waals surface area contributed by atoms with Gasteiger partial charge in [0.1, 0.15) is 0 Å². The molecule has 0 atom stereocenters. The summed E-state index contributed by atoms with van der Waals surface area (Å²) in [6.07, 6.45) is 5.68. The number of nitrogens with zero attached hydrogens (tertiary/aromatic N) is 2. The number of benzene rings is 2. The van der Waals surface area contributed by atoms with Gasteiger partial charge < -0.3 is 4.42 Å². The van der Waals surface area contributed by atoms with Gasteiger partial charge in [-0.2, -0.15) is 0 Å². The van der Waals surface area contributed by atoms with E-state index in [-0.39, 0.29) is 23.6 Å². The minimum absolute atomic E-state index is 0.0819. The Bertz CT molecular complexity index is 958. The van der Waals surface area contributed by atoms with Gasteiger partial charge in [0.25, 0.3) is 5.91 Å². The molecular formula is C22H21N3O3. The molecule has 3 aromatic rings. The lowest BCUT2D eigenvalue weighted by atomic mass is 9.89. The quantitative estimate of drug-likeness (QED) is 0.659. The van der Waals surface area contributed by atoms with Gasteiger partial charge in [-0.15, -0.1) is 5.10 Å². The molecule has 4 rings (SSSR count). The lowest BCUT2D eigenvalue weighted by molar-refractivity contribution is 0.101. The topological polar surface area (TPSA) is 85.1 Å². The Morgan fingerprint density at radius 2 is 1.46 bits per heavy atom. The van der Waals surface area contributed by atoms with E-state index in [9.17, 15) is 9.59 Å². The Kier molecular flexibility index (Phi) is 5.28. The van der Waals surface area contributed by atoms with Gasteiger partial charge in [-0.25, -0.2) is 0 Å². The average Bonchev–Trinajstić information content (AvgIpc) is 3.23. The second kappa shape index (κ2) is 8.17. The summed E-state index contributed by atoms with van der Waals surface area (Å²) in [4.78, 5) is 24.9. The van der Waals surface area contributed by atoms with Crippen molar-refractivity contribution < 1.29 is 14.0 Å². The third-order valence-corrected chi connectivity index (χ3v) is 5.06. The smallest absolute Gasteiger partial charge is 0.322 e. The number of aromatic nitrogens is 2. The van der Waals surface area contributed by atoms with Crippen molar-refractivity contribution in [3.63, 3.8) is 0 Å². The first-order valence-electron chi connectivity index (χ1n) is 9.55. The Morgan fingerprint density at radius 1 is 0.821 bits per heavy atom. The second-order valence-electron chi connectivity index (χ2n) is 7.01. The molecule has 0 aliphatic heterocycles. The number of ketones is 1. The maximum atomic E-state index is 12.4. The highest BCUT2D eigenvalue weighted by atomic mass is 16.4. The van der Waals surface area contributed by atoms with Crippen molar-refractivity contribution in [1.82, 2.24) is 10.2 Å². The van der Waals surface area contributed by atoms with Crippen LogP contribution < -0.4 is 5.32 Å². The third-order valence-electron chi connectivity index (χ3n) is 5.06. The minimum Gasteiger partial charge on any atom is -0.408 e. The fourth-order valence-electron chi connectivity index (χ4n) is 3.50. The van der Waals surface area contributed by atoms with Crippen LogP contribution in [0.15, 0.2) is 59.0 Å². The molecule has 0 unspecified atom stereocenters. The molecule has 28 heavy (non-hydrogen) atoms. The van der Waals surface area contributed by atoms with Gasteiger partial charge in [0.15, 0.2) is 5.78 Å². The molecule has 6 nitrogen and oxygen atoms in total. The molecule has 0 saturated heterocycles. The Hall–Kier alpha value is -3.28. The zero-order valence-electron chi connectivity index (χ0n) is 15.4. The molecule has 1 saturated carbocycles. The summed E-state index contributed by atoms with van der Waals surface area (Å²) >= 11 is 0. The summed E-state index contributed by atoms with van der Waals surface area (Å²) in [5.74, 6) is 0.452. The van der Waals surface area contributed by atoms with E-state index in [1.165, 1.54) is 19.3 Å². The van der Waals surface area contributed by atoms with E-state index < -0.39 is 0 Å².